The maximum atomic E-state index is 11.1. The van der Waals surface area contributed by atoms with E-state index >= 15 is 0 Å². The molecule has 0 heterocycles. The summed E-state index contributed by atoms with van der Waals surface area (Å²) in [6.07, 6.45) is 1.21. The summed E-state index contributed by atoms with van der Waals surface area (Å²) >= 11 is 3.44. The van der Waals surface area contributed by atoms with E-state index in [2.05, 4.69) is 35.1 Å². The molecule has 20 heavy (non-hydrogen) atoms. The zero-order chi connectivity index (χ0) is 15.2. The van der Waals surface area contributed by atoms with Gasteiger partial charge in [0.2, 0.25) is 0 Å². The summed E-state index contributed by atoms with van der Waals surface area (Å²) in [4.78, 5) is 0. The molecule has 0 fully saturated rings. The average molecular weight is 364 g/mol. The van der Waals surface area contributed by atoms with Crippen molar-refractivity contribution in [1.82, 2.24) is 5.32 Å². The van der Waals surface area contributed by atoms with Gasteiger partial charge in [0, 0.05) is 22.8 Å². The summed E-state index contributed by atoms with van der Waals surface area (Å²) in [6.45, 7) is 6.10. The molecule has 0 aromatic heterocycles. The van der Waals surface area contributed by atoms with Gasteiger partial charge in [0.1, 0.15) is 12.4 Å². The van der Waals surface area contributed by atoms with Gasteiger partial charge in [-0.25, -0.2) is 8.42 Å². The first-order valence-electron chi connectivity index (χ1n) is 6.57. The van der Waals surface area contributed by atoms with E-state index in [1.807, 2.05) is 18.2 Å². The molecule has 1 N–H and O–H groups in total. The van der Waals surface area contributed by atoms with E-state index in [-0.39, 0.29) is 12.4 Å². The molecule has 6 heteroatoms. The molecule has 4 nitrogen and oxygen atoms in total. The standard InChI is InChI=1S/C14H22BrNO3S/c1-11(2)9-16-10-12-8-13(15)4-5-14(12)19-6-7-20(3,17)18/h4-5,8,11,16H,6-7,9-10H2,1-3H3. The predicted molar refractivity (Wildman–Crippen MR) is 85.9 cm³/mol. The lowest BCUT2D eigenvalue weighted by Gasteiger charge is -2.13. The Balaban J connectivity index is 2.64. The van der Waals surface area contributed by atoms with Crippen LogP contribution < -0.4 is 10.1 Å². The highest BCUT2D eigenvalue weighted by atomic mass is 79.9. The fraction of sp³-hybridized carbons (Fsp3) is 0.571. The van der Waals surface area contributed by atoms with Crippen molar-refractivity contribution in [2.45, 2.75) is 20.4 Å². The number of rotatable bonds is 8. The summed E-state index contributed by atoms with van der Waals surface area (Å²) < 4.78 is 28.8. The quantitative estimate of drug-likeness (QED) is 0.771. The van der Waals surface area contributed by atoms with Crippen LogP contribution in [0.3, 0.4) is 0 Å². The minimum absolute atomic E-state index is 0.0297. The number of hydrogen-bond acceptors (Lipinski definition) is 4. The molecule has 0 saturated carbocycles. The van der Waals surface area contributed by atoms with Crippen LogP contribution in [0.5, 0.6) is 5.75 Å². The molecular weight excluding hydrogens is 342 g/mol. The highest BCUT2D eigenvalue weighted by Crippen LogP contribution is 2.23. The molecule has 0 unspecified atom stereocenters. The van der Waals surface area contributed by atoms with Crippen LogP contribution in [0, 0.1) is 5.92 Å². The topological polar surface area (TPSA) is 55.4 Å². The fourth-order valence-corrected chi connectivity index (χ4v) is 2.42. The van der Waals surface area contributed by atoms with Gasteiger partial charge in [-0.1, -0.05) is 29.8 Å². The largest absolute Gasteiger partial charge is 0.492 e. The third-order valence-electron chi connectivity index (χ3n) is 2.60. The Bertz CT molecular complexity index is 529. The lowest BCUT2D eigenvalue weighted by molar-refractivity contribution is 0.336. The van der Waals surface area contributed by atoms with Gasteiger partial charge in [0.05, 0.1) is 5.75 Å². The molecule has 1 aromatic carbocycles. The lowest BCUT2D eigenvalue weighted by Crippen LogP contribution is -2.20. The molecule has 1 aromatic rings. The van der Waals surface area contributed by atoms with Gasteiger partial charge in [0.15, 0.2) is 9.84 Å². The van der Waals surface area contributed by atoms with Gasteiger partial charge in [-0.05, 0) is 30.7 Å². The molecule has 0 atom stereocenters. The van der Waals surface area contributed by atoms with Gasteiger partial charge >= 0.3 is 0 Å². The van der Waals surface area contributed by atoms with Gasteiger partial charge in [-0.3, -0.25) is 0 Å². The van der Waals surface area contributed by atoms with Crippen molar-refractivity contribution in [2.24, 2.45) is 5.92 Å². The van der Waals surface area contributed by atoms with E-state index in [4.69, 9.17) is 4.74 Å². The smallest absolute Gasteiger partial charge is 0.150 e. The van der Waals surface area contributed by atoms with Crippen LogP contribution >= 0.6 is 15.9 Å². The van der Waals surface area contributed by atoms with Crippen LogP contribution in [0.25, 0.3) is 0 Å². The van der Waals surface area contributed by atoms with Gasteiger partial charge in [-0.15, -0.1) is 0 Å². The highest BCUT2D eigenvalue weighted by Gasteiger charge is 2.07. The SMILES string of the molecule is CC(C)CNCc1cc(Br)ccc1OCCS(C)(=O)=O. The van der Waals surface area contributed by atoms with E-state index in [1.165, 1.54) is 6.26 Å². The first-order chi connectivity index (χ1) is 9.28. The second kappa shape index (κ2) is 8.00. The highest BCUT2D eigenvalue weighted by molar-refractivity contribution is 9.10. The minimum atomic E-state index is -2.99. The van der Waals surface area contributed by atoms with Crippen LogP contribution in [0.1, 0.15) is 19.4 Å². The third kappa shape index (κ3) is 7.26. The zero-order valence-corrected chi connectivity index (χ0v) is 14.6. The van der Waals surface area contributed by atoms with Crippen molar-refractivity contribution in [3.63, 3.8) is 0 Å². The monoisotopic (exact) mass is 363 g/mol. The Kier molecular flexibility index (Phi) is 6.99. The number of ether oxygens (including phenoxy) is 1. The van der Waals surface area contributed by atoms with Crippen LogP contribution in [-0.4, -0.2) is 33.6 Å². The third-order valence-corrected chi connectivity index (χ3v) is 4.00. The number of halogens is 1. The van der Waals surface area contributed by atoms with Crippen molar-refractivity contribution in [2.75, 3.05) is 25.2 Å². The van der Waals surface area contributed by atoms with Crippen molar-refractivity contribution in [3.8, 4) is 5.75 Å². The second-order valence-electron chi connectivity index (χ2n) is 5.26. The van der Waals surface area contributed by atoms with E-state index in [0.29, 0.717) is 12.5 Å². The summed E-state index contributed by atoms with van der Waals surface area (Å²) in [5.41, 5.74) is 1.02. The Morgan fingerprint density at radius 3 is 2.65 bits per heavy atom. The summed E-state index contributed by atoms with van der Waals surface area (Å²) in [7, 11) is -2.99. The molecule has 0 spiro atoms. The molecule has 0 bridgehead atoms. The molecule has 1 rings (SSSR count). The maximum Gasteiger partial charge on any atom is 0.150 e. The van der Waals surface area contributed by atoms with Crippen LogP contribution in [0.2, 0.25) is 0 Å². The maximum absolute atomic E-state index is 11.1. The normalized spacial score (nSPS) is 11.8. The summed E-state index contributed by atoms with van der Waals surface area (Å²) in [5, 5.41) is 3.36. The predicted octanol–water partition coefficient (Wildman–Crippen LogP) is 2.62. The fourth-order valence-electron chi connectivity index (χ4n) is 1.63. The van der Waals surface area contributed by atoms with Crippen molar-refractivity contribution >= 4 is 25.8 Å². The van der Waals surface area contributed by atoms with Gasteiger partial charge in [-0.2, -0.15) is 0 Å². The van der Waals surface area contributed by atoms with Gasteiger partial charge < -0.3 is 10.1 Å². The van der Waals surface area contributed by atoms with E-state index in [1.54, 1.807) is 0 Å². The van der Waals surface area contributed by atoms with E-state index < -0.39 is 9.84 Å². The lowest BCUT2D eigenvalue weighted by atomic mass is 10.2. The first kappa shape index (κ1) is 17.5. The molecule has 0 aliphatic rings. The van der Waals surface area contributed by atoms with Crippen LogP contribution in [0.15, 0.2) is 22.7 Å². The van der Waals surface area contributed by atoms with Crippen LogP contribution in [-0.2, 0) is 16.4 Å². The van der Waals surface area contributed by atoms with E-state index in [9.17, 15) is 8.42 Å². The zero-order valence-electron chi connectivity index (χ0n) is 12.1. The number of benzene rings is 1. The molecule has 0 radical (unpaired) electrons. The first-order valence-corrected chi connectivity index (χ1v) is 9.43. The molecule has 114 valence electrons. The average Bonchev–Trinajstić information content (AvgIpc) is 2.30. The number of hydrogen-bond donors (Lipinski definition) is 1. The number of sulfone groups is 1. The molecule has 0 aliphatic heterocycles. The Hall–Kier alpha value is -0.590. The minimum Gasteiger partial charge on any atom is -0.492 e. The van der Waals surface area contributed by atoms with Crippen molar-refractivity contribution in [3.05, 3.63) is 28.2 Å². The van der Waals surface area contributed by atoms with Crippen molar-refractivity contribution < 1.29 is 13.2 Å². The molecule has 0 saturated heterocycles. The number of nitrogens with one attached hydrogen (secondary N) is 1. The Morgan fingerprint density at radius 2 is 2.05 bits per heavy atom. The molecule has 0 aliphatic carbocycles. The molecule has 0 amide bonds. The van der Waals surface area contributed by atoms with E-state index in [0.717, 1.165) is 22.3 Å². The van der Waals surface area contributed by atoms with Gasteiger partial charge in [0.25, 0.3) is 0 Å². The summed E-state index contributed by atoms with van der Waals surface area (Å²) in [5.74, 6) is 1.34. The Labute approximate surface area is 130 Å². The molecular formula is C14H22BrNO3S. The Morgan fingerprint density at radius 1 is 1.35 bits per heavy atom. The van der Waals surface area contributed by atoms with Crippen LogP contribution in [0.4, 0.5) is 0 Å². The summed E-state index contributed by atoms with van der Waals surface area (Å²) in [6, 6.07) is 5.74. The van der Waals surface area contributed by atoms with Crippen molar-refractivity contribution in [1.29, 1.82) is 0 Å². The second-order valence-corrected chi connectivity index (χ2v) is 8.43.